The van der Waals surface area contributed by atoms with Gasteiger partial charge in [-0.05, 0) is 31.4 Å². The lowest BCUT2D eigenvalue weighted by molar-refractivity contribution is 0.590. The van der Waals surface area contributed by atoms with Crippen LogP contribution in [0.5, 0.6) is 0 Å². The van der Waals surface area contributed by atoms with Gasteiger partial charge in [0.05, 0.1) is 10.6 Å². The van der Waals surface area contributed by atoms with Crippen LogP contribution in [-0.4, -0.2) is 39.8 Å². The van der Waals surface area contributed by atoms with E-state index in [-0.39, 0.29) is 29.7 Å². The monoisotopic (exact) mass is 451 g/mol. The van der Waals surface area contributed by atoms with Crippen LogP contribution < -0.4 is 10.6 Å². The van der Waals surface area contributed by atoms with Gasteiger partial charge in [-0.1, -0.05) is 31.0 Å². The van der Waals surface area contributed by atoms with Gasteiger partial charge < -0.3 is 10.6 Å². The second kappa shape index (κ2) is 10.1. The molecule has 0 heterocycles. The summed E-state index contributed by atoms with van der Waals surface area (Å²) >= 11 is 0. The summed E-state index contributed by atoms with van der Waals surface area (Å²) in [4.78, 5) is 4.58. The number of aliphatic imine (C=N–C) groups is 1. The molecule has 0 spiro atoms. The van der Waals surface area contributed by atoms with Gasteiger partial charge in [-0.3, -0.25) is 4.99 Å². The molecular weight excluding hydrogens is 425 g/mol. The Bertz CT molecular complexity index is 585. The molecule has 7 heteroatoms. The van der Waals surface area contributed by atoms with Crippen LogP contribution in [0.25, 0.3) is 0 Å². The van der Waals surface area contributed by atoms with Gasteiger partial charge in [-0.15, -0.1) is 24.0 Å². The molecule has 0 radical (unpaired) electrons. The average molecular weight is 451 g/mol. The molecule has 1 fully saturated rings. The minimum absolute atomic E-state index is 0. The van der Waals surface area contributed by atoms with Crippen LogP contribution in [0.2, 0.25) is 0 Å². The molecule has 2 rings (SSSR count). The maximum absolute atomic E-state index is 12.2. The van der Waals surface area contributed by atoms with Crippen molar-refractivity contribution < 1.29 is 8.42 Å². The summed E-state index contributed by atoms with van der Waals surface area (Å²) in [5.74, 6) is 0.911. The predicted molar refractivity (Wildman–Crippen MR) is 105 cm³/mol. The molecule has 1 aromatic carbocycles. The van der Waals surface area contributed by atoms with Crippen LogP contribution in [0, 0.1) is 0 Å². The molecule has 5 nitrogen and oxygen atoms in total. The smallest absolute Gasteiger partial charge is 0.191 e. The van der Waals surface area contributed by atoms with E-state index in [1.807, 2.05) is 6.07 Å². The third-order valence-electron chi connectivity index (χ3n) is 3.90. The largest absolute Gasteiger partial charge is 0.356 e. The van der Waals surface area contributed by atoms with Gasteiger partial charge in [0.15, 0.2) is 15.8 Å². The Balaban J connectivity index is 0.00000264. The molecule has 1 aromatic rings. The van der Waals surface area contributed by atoms with Gasteiger partial charge in [0.25, 0.3) is 0 Å². The first-order valence-corrected chi connectivity index (χ1v) is 9.52. The highest BCUT2D eigenvalue weighted by Crippen LogP contribution is 2.17. The van der Waals surface area contributed by atoms with E-state index in [4.69, 9.17) is 0 Å². The lowest BCUT2D eigenvalue weighted by atomic mass is 10.2. The Morgan fingerprint density at radius 2 is 1.87 bits per heavy atom. The fourth-order valence-electron chi connectivity index (χ4n) is 2.67. The highest BCUT2D eigenvalue weighted by atomic mass is 127. The number of sulfone groups is 1. The van der Waals surface area contributed by atoms with Gasteiger partial charge in [-0.2, -0.15) is 0 Å². The molecule has 0 aromatic heterocycles. The Hall–Kier alpha value is -0.830. The molecule has 0 aliphatic heterocycles. The number of halogens is 1. The molecule has 23 heavy (non-hydrogen) atoms. The first-order valence-electron chi connectivity index (χ1n) is 7.87. The topological polar surface area (TPSA) is 70.6 Å². The quantitative estimate of drug-likeness (QED) is 0.302. The summed E-state index contributed by atoms with van der Waals surface area (Å²) in [6.07, 6.45) is 5.46. The molecule has 0 amide bonds. The van der Waals surface area contributed by atoms with Crippen molar-refractivity contribution >= 4 is 39.8 Å². The van der Waals surface area contributed by atoms with Gasteiger partial charge >= 0.3 is 0 Å². The van der Waals surface area contributed by atoms with Crippen LogP contribution in [0.3, 0.4) is 0 Å². The summed E-state index contributed by atoms with van der Waals surface area (Å²) in [5.41, 5.74) is 0. The minimum Gasteiger partial charge on any atom is -0.356 e. The second-order valence-corrected chi connectivity index (χ2v) is 7.72. The Kier molecular flexibility index (Phi) is 8.90. The highest BCUT2D eigenvalue weighted by Gasteiger charge is 2.16. The second-order valence-electron chi connectivity index (χ2n) is 5.61. The average Bonchev–Trinajstić information content (AvgIpc) is 3.04. The van der Waals surface area contributed by atoms with Crippen molar-refractivity contribution in [3.63, 3.8) is 0 Å². The first-order chi connectivity index (χ1) is 10.6. The summed E-state index contributed by atoms with van der Waals surface area (Å²) in [6, 6.07) is 9.10. The predicted octanol–water partition coefficient (Wildman–Crippen LogP) is 2.58. The van der Waals surface area contributed by atoms with Gasteiger partial charge in [-0.25, -0.2) is 8.42 Å². The molecule has 0 unspecified atom stereocenters. The molecule has 130 valence electrons. The number of benzene rings is 1. The van der Waals surface area contributed by atoms with Gasteiger partial charge in [0.2, 0.25) is 0 Å². The summed E-state index contributed by atoms with van der Waals surface area (Å²) in [7, 11) is -1.45. The number of nitrogens with one attached hydrogen (secondary N) is 2. The van der Waals surface area contributed by atoms with Crippen molar-refractivity contribution in [3.05, 3.63) is 30.3 Å². The van der Waals surface area contributed by atoms with Crippen molar-refractivity contribution in [2.24, 2.45) is 4.99 Å². The van der Waals surface area contributed by atoms with Gasteiger partial charge in [0, 0.05) is 19.6 Å². The zero-order valence-electron chi connectivity index (χ0n) is 13.5. The van der Waals surface area contributed by atoms with E-state index >= 15 is 0 Å². The first kappa shape index (κ1) is 20.2. The van der Waals surface area contributed by atoms with E-state index in [0.29, 0.717) is 23.9 Å². The standard InChI is InChI=1S/C16H25N3O2S.HI/c1-17-16(19-14-8-5-6-9-14)18-12-7-13-22(20,21)15-10-3-2-4-11-15;/h2-4,10-11,14H,5-9,12-13H2,1H3,(H2,17,18,19);1H. The van der Waals surface area contributed by atoms with Crippen LogP contribution in [0.15, 0.2) is 40.2 Å². The fraction of sp³-hybridized carbons (Fsp3) is 0.562. The Morgan fingerprint density at radius 3 is 2.48 bits per heavy atom. The number of hydrogen-bond donors (Lipinski definition) is 2. The van der Waals surface area contributed by atoms with Crippen molar-refractivity contribution in [1.29, 1.82) is 0 Å². The summed E-state index contributed by atoms with van der Waals surface area (Å²) in [6.45, 7) is 0.596. The SMILES string of the molecule is CN=C(NCCCS(=O)(=O)c1ccccc1)NC1CCCC1.I. The maximum Gasteiger partial charge on any atom is 0.191 e. The van der Waals surface area contributed by atoms with E-state index in [1.165, 1.54) is 25.7 Å². The Morgan fingerprint density at radius 1 is 1.22 bits per heavy atom. The summed E-state index contributed by atoms with van der Waals surface area (Å²) in [5, 5.41) is 6.58. The lowest BCUT2D eigenvalue weighted by Gasteiger charge is -2.16. The molecule has 0 atom stereocenters. The van der Waals surface area contributed by atoms with Crippen molar-refractivity contribution in [2.75, 3.05) is 19.3 Å². The molecule has 1 aliphatic carbocycles. The summed E-state index contributed by atoms with van der Waals surface area (Å²) < 4.78 is 24.3. The number of hydrogen-bond acceptors (Lipinski definition) is 3. The highest BCUT2D eigenvalue weighted by molar-refractivity contribution is 14.0. The van der Waals surface area contributed by atoms with E-state index in [0.717, 1.165) is 5.96 Å². The van der Waals surface area contributed by atoms with Gasteiger partial charge in [0.1, 0.15) is 0 Å². The molecule has 1 aliphatic rings. The molecule has 0 saturated heterocycles. The maximum atomic E-state index is 12.2. The number of guanidine groups is 1. The molecule has 2 N–H and O–H groups in total. The lowest BCUT2D eigenvalue weighted by Crippen LogP contribution is -2.42. The third kappa shape index (κ3) is 6.66. The van der Waals surface area contributed by atoms with Crippen LogP contribution in [0.4, 0.5) is 0 Å². The van der Waals surface area contributed by atoms with Crippen LogP contribution in [0.1, 0.15) is 32.1 Å². The van der Waals surface area contributed by atoms with Crippen molar-refractivity contribution in [3.8, 4) is 0 Å². The number of rotatable bonds is 6. The molecule has 0 bridgehead atoms. The zero-order valence-corrected chi connectivity index (χ0v) is 16.6. The third-order valence-corrected chi connectivity index (χ3v) is 5.72. The van der Waals surface area contributed by atoms with E-state index in [2.05, 4.69) is 15.6 Å². The molecular formula is C16H26IN3O2S. The van der Waals surface area contributed by atoms with E-state index < -0.39 is 9.84 Å². The van der Waals surface area contributed by atoms with Crippen molar-refractivity contribution in [2.45, 2.75) is 43.0 Å². The molecule has 1 saturated carbocycles. The number of nitrogens with zero attached hydrogens (tertiary/aromatic N) is 1. The van der Waals surface area contributed by atoms with Crippen molar-refractivity contribution in [1.82, 2.24) is 10.6 Å². The van der Waals surface area contributed by atoms with E-state index in [9.17, 15) is 8.42 Å². The van der Waals surface area contributed by atoms with Crippen LogP contribution >= 0.6 is 24.0 Å². The van der Waals surface area contributed by atoms with Crippen LogP contribution in [-0.2, 0) is 9.84 Å². The minimum atomic E-state index is -3.19. The zero-order chi connectivity index (χ0) is 15.8. The fourth-order valence-corrected chi connectivity index (χ4v) is 4.00. The Labute approximate surface area is 156 Å². The normalized spacial score (nSPS) is 16.0. The van der Waals surface area contributed by atoms with E-state index in [1.54, 1.807) is 31.3 Å².